The van der Waals surface area contributed by atoms with Crippen LogP contribution in [0.2, 0.25) is 5.15 Å². The molecule has 0 aromatic carbocycles. The molecule has 7 nitrogen and oxygen atoms in total. The summed E-state index contributed by atoms with van der Waals surface area (Å²) in [5, 5.41) is 0.385. The highest BCUT2D eigenvalue weighted by Crippen LogP contribution is 2.36. The molecule has 3 aliphatic rings. The predicted octanol–water partition coefficient (Wildman–Crippen LogP) is 1.19. The molecular formula is C14H16Cl2N6O. The van der Waals surface area contributed by atoms with Gasteiger partial charge >= 0.3 is 0 Å². The number of piperazine rings is 1. The van der Waals surface area contributed by atoms with Crippen LogP contribution in [0.1, 0.15) is 0 Å². The van der Waals surface area contributed by atoms with Crippen molar-refractivity contribution < 1.29 is 4.79 Å². The summed E-state index contributed by atoms with van der Waals surface area (Å²) in [5.74, 6) is 1.23. The van der Waals surface area contributed by atoms with Gasteiger partial charge in [0.2, 0.25) is 0 Å². The van der Waals surface area contributed by atoms with E-state index in [1.54, 1.807) is 12.3 Å². The van der Waals surface area contributed by atoms with Crippen molar-refractivity contribution in [3.63, 3.8) is 0 Å². The Morgan fingerprint density at radius 2 is 1.87 bits per heavy atom. The number of likely N-dealkylation sites (N-methyl/N-ethyl adjacent to an activating group) is 1. The Bertz CT molecular complexity index is 711. The monoisotopic (exact) mass is 354 g/mol. The average molecular weight is 355 g/mol. The van der Waals surface area contributed by atoms with E-state index in [2.05, 4.69) is 26.8 Å². The minimum Gasteiger partial charge on any atom is -0.351 e. The molecule has 23 heavy (non-hydrogen) atoms. The van der Waals surface area contributed by atoms with E-state index < -0.39 is 0 Å². The van der Waals surface area contributed by atoms with E-state index in [-0.39, 0.29) is 24.9 Å². The van der Waals surface area contributed by atoms with Crippen LogP contribution in [0, 0.1) is 0 Å². The molecule has 0 spiro atoms. The smallest absolute Gasteiger partial charge is 0.267 e. The second-order valence-corrected chi connectivity index (χ2v) is 6.02. The Morgan fingerprint density at radius 3 is 2.61 bits per heavy atom. The van der Waals surface area contributed by atoms with Gasteiger partial charge in [-0.15, -0.1) is 12.4 Å². The lowest BCUT2D eigenvalue weighted by Crippen LogP contribution is -2.52. The van der Waals surface area contributed by atoms with E-state index in [0.29, 0.717) is 11.0 Å². The maximum atomic E-state index is 11.8. The van der Waals surface area contributed by atoms with E-state index >= 15 is 0 Å². The number of amides is 1. The molecule has 1 amide bonds. The lowest BCUT2D eigenvalue weighted by molar-refractivity contribution is -0.115. The third kappa shape index (κ3) is 2.80. The zero-order chi connectivity index (χ0) is 15.3. The van der Waals surface area contributed by atoms with Crippen LogP contribution in [-0.4, -0.2) is 72.1 Å². The van der Waals surface area contributed by atoms with Crippen LogP contribution in [0.5, 0.6) is 0 Å². The van der Waals surface area contributed by atoms with Gasteiger partial charge in [0.15, 0.2) is 11.7 Å². The molecule has 0 atom stereocenters. The molecule has 122 valence electrons. The maximum absolute atomic E-state index is 11.8. The Hall–Kier alpha value is -1.70. The number of carbonyl (C=O) groups excluding carboxylic acids is 1. The van der Waals surface area contributed by atoms with Crippen LogP contribution in [0.15, 0.2) is 22.2 Å². The minimum atomic E-state index is -0.155. The van der Waals surface area contributed by atoms with Gasteiger partial charge in [0.25, 0.3) is 5.91 Å². The third-order valence-corrected chi connectivity index (χ3v) is 4.33. The fourth-order valence-electron chi connectivity index (χ4n) is 2.90. The van der Waals surface area contributed by atoms with Crippen LogP contribution in [0.3, 0.4) is 0 Å². The lowest BCUT2D eigenvalue weighted by atomic mass is 10.2. The second-order valence-electron chi connectivity index (χ2n) is 5.64. The molecule has 1 aromatic heterocycles. The molecular weight excluding hydrogens is 339 g/mol. The lowest BCUT2D eigenvalue weighted by Gasteiger charge is -2.37. The van der Waals surface area contributed by atoms with Crippen molar-refractivity contribution in [3.05, 3.63) is 17.4 Å². The van der Waals surface area contributed by atoms with Crippen molar-refractivity contribution >= 4 is 53.0 Å². The number of hydrogen-bond acceptors (Lipinski definition) is 6. The van der Waals surface area contributed by atoms with E-state index in [4.69, 9.17) is 16.6 Å². The van der Waals surface area contributed by atoms with Crippen LogP contribution in [0.4, 0.5) is 11.4 Å². The van der Waals surface area contributed by atoms with E-state index in [9.17, 15) is 4.79 Å². The zero-order valence-corrected chi connectivity index (χ0v) is 14.1. The molecule has 1 aromatic rings. The number of anilines is 1. The quantitative estimate of drug-likeness (QED) is 0.655. The molecule has 0 radical (unpaired) electrons. The molecule has 3 aliphatic heterocycles. The third-order valence-electron chi connectivity index (χ3n) is 4.13. The normalized spacial score (nSPS) is 20.5. The van der Waals surface area contributed by atoms with Crippen LogP contribution < -0.4 is 4.90 Å². The largest absolute Gasteiger partial charge is 0.351 e. The molecule has 9 heteroatoms. The first-order valence-corrected chi connectivity index (χ1v) is 7.57. The fraction of sp³-hybridized carbons (Fsp3) is 0.429. The number of halogens is 2. The van der Waals surface area contributed by atoms with Gasteiger partial charge in [-0.3, -0.25) is 4.79 Å². The number of aliphatic imine (C=N–C) groups is 2. The highest BCUT2D eigenvalue weighted by molar-refractivity contribution is 6.50. The first-order chi connectivity index (χ1) is 10.6. The van der Waals surface area contributed by atoms with Crippen LogP contribution in [0.25, 0.3) is 0 Å². The van der Waals surface area contributed by atoms with Gasteiger partial charge in [-0.05, 0) is 7.05 Å². The van der Waals surface area contributed by atoms with Gasteiger partial charge in [0, 0.05) is 32.2 Å². The summed E-state index contributed by atoms with van der Waals surface area (Å²) in [7, 11) is 2.10. The van der Waals surface area contributed by atoms with E-state index in [0.717, 1.165) is 43.4 Å². The average Bonchev–Trinajstić information content (AvgIpc) is 2.89. The van der Waals surface area contributed by atoms with Gasteiger partial charge in [-0.25, -0.2) is 9.98 Å². The summed E-state index contributed by atoms with van der Waals surface area (Å²) in [6, 6.07) is 1.73. The van der Waals surface area contributed by atoms with Crippen molar-refractivity contribution in [1.29, 1.82) is 0 Å². The van der Waals surface area contributed by atoms with Crippen molar-refractivity contribution in [1.82, 2.24) is 14.8 Å². The van der Waals surface area contributed by atoms with Crippen LogP contribution in [-0.2, 0) is 4.79 Å². The van der Waals surface area contributed by atoms with Crippen molar-refractivity contribution in [2.24, 2.45) is 9.98 Å². The maximum Gasteiger partial charge on any atom is 0.267 e. The van der Waals surface area contributed by atoms with Gasteiger partial charge in [0.05, 0.1) is 11.9 Å². The van der Waals surface area contributed by atoms with Gasteiger partial charge in [0.1, 0.15) is 17.4 Å². The molecule has 0 aliphatic carbocycles. The Morgan fingerprint density at radius 1 is 1.13 bits per heavy atom. The summed E-state index contributed by atoms with van der Waals surface area (Å²) in [5.41, 5.74) is 1.52. The fourth-order valence-corrected chi connectivity index (χ4v) is 3.06. The summed E-state index contributed by atoms with van der Waals surface area (Å²) >= 11 is 5.98. The number of nitrogens with zero attached hydrogens (tertiary/aromatic N) is 6. The number of hydrogen-bond donors (Lipinski definition) is 0. The number of amidine groups is 2. The Balaban J connectivity index is 0.00000156. The Labute approximate surface area is 145 Å². The number of aromatic nitrogens is 1. The topological polar surface area (TPSA) is 64.4 Å². The standard InChI is InChI=1S/C14H15ClN6O.ClH/c1-19-2-4-20(5-3-19)13-14-18-12(22)8-21(14)10-6-11(15)16-7-9(10)17-13;/h6-7H,2-5,8H2,1H3;1H. The van der Waals surface area contributed by atoms with E-state index in [1.807, 2.05) is 4.90 Å². The van der Waals surface area contributed by atoms with E-state index in [1.165, 1.54) is 0 Å². The number of rotatable bonds is 0. The molecule has 0 unspecified atom stereocenters. The summed E-state index contributed by atoms with van der Waals surface area (Å²) < 4.78 is 0. The van der Waals surface area contributed by atoms with Crippen molar-refractivity contribution in [2.45, 2.75) is 0 Å². The predicted molar refractivity (Wildman–Crippen MR) is 92.4 cm³/mol. The number of carbonyl (C=O) groups is 1. The zero-order valence-electron chi connectivity index (χ0n) is 12.6. The highest BCUT2D eigenvalue weighted by Gasteiger charge is 2.36. The van der Waals surface area contributed by atoms with Crippen molar-refractivity contribution in [2.75, 3.05) is 44.7 Å². The van der Waals surface area contributed by atoms with Crippen molar-refractivity contribution in [3.8, 4) is 0 Å². The molecule has 0 saturated carbocycles. The first-order valence-electron chi connectivity index (χ1n) is 7.19. The summed E-state index contributed by atoms with van der Waals surface area (Å²) in [6.45, 7) is 3.90. The summed E-state index contributed by atoms with van der Waals surface area (Å²) in [6.07, 6.45) is 1.65. The second kappa shape index (κ2) is 6.07. The van der Waals surface area contributed by atoms with Crippen LogP contribution >= 0.6 is 24.0 Å². The number of pyridine rings is 1. The number of fused-ring (bicyclic) bond motifs is 3. The molecule has 1 fully saturated rings. The van der Waals surface area contributed by atoms with Gasteiger partial charge in [-0.1, -0.05) is 11.6 Å². The molecule has 4 heterocycles. The first kappa shape index (κ1) is 16.2. The molecule has 4 rings (SSSR count). The Kier molecular flexibility index (Phi) is 4.27. The molecule has 0 N–H and O–H groups in total. The SMILES string of the molecule is CN1CCN(C2=Nc3cnc(Cl)cc3N3CC(=O)N=C23)CC1.Cl. The minimum absolute atomic E-state index is 0. The molecule has 1 saturated heterocycles. The van der Waals surface area contributed by atoms with Gasteiger partial charge < -0.3 is 14.7 Å². The van der Waals surface area contributed by atoms with Gasteiger partial charge in [-0.2, -0.15) is 4.99 Å². The molecule has 0 bridgehead atoms. The summed E-state index contributed by atoms with van der Waals surface area (Å²) in [4.78, 5) is 31.1. The highest BCUT2D eigenvalue weighted by atomic mass is 35.5.